The second kappa shape index (κ2) is 12.6. The van der Waals surface area contributed by atoms with Crippen molar-refractivity contribution in [3.63, 3.8) is 0 Å². The van der Waals surface area contributed by atoms with Gasteiger partial charge in [-0.05, 0) is 77.7 Å². The fourth-order valence-electron chi connectivity index (χ4n) is 4.70. The maximum absolute atomic E-state index is 12.9. The van der Waals surface area contributed by atoms with E-state index in [-0.39, 0.29) is 13.2 Å². The molecule has 34 heavy (non-hydrogen) atoms. The summed E-state index contributed by atoms with van der Waals surface area (Å²) < 4.78 is 16.6. The van der Waals surface area contributed by atoms with Gasteiger partial charge in [0.1, 0.15) is 5.75 Å². The van der Waals surface area contributed by atoms with E-state index in [9.17, 15) is 9.59 Å². The Balaban J connectivity index is 1.76. The fraction of sp³-hybridized carbons (Fsp3) is 0.556. The molecule has 0 radical (unpaired) electrons. The van der Waals surface area contributed by atoms with E-state index in [2.05, 4.69) is 10.2 Å². The van der Waals surface area contributed by atoms with Crippen molar-refractivity contribution in [3.05, 3.63) is 52.4 Å². The first-order chi connectivity index (χ1) is 16.5. The lowest BCUT2D eigenvalue weighted by molar-refractivity contribution is -0.139. The molecule has 7 heteroatoms. The van der Waals surface area contributed by atoms with Crippen LogP contribution in [0.25, 0.3) is 0 Å². The molecule has 2 aliphatic heterocycles. The summed E-state index contributed by atoms with van der Waals surface area (Å²) in [6.07, 6.45) is 4.92. The molecule has 0 saturated carbocycles. The highest BCUT2D eigenvalue weighted by molar-refractivity contribution is 5.99. The summed E-state index contributed by atoms with van der Waals surface area (Å²) in [6, 6.07) is 7.62. The fourth-order valence-corrected chi connectivity index (χ4v) is 4.70. The molecule has 2 aliphatic rings. The standard InChI is InChI=1S/C27H38N2O5/c1-5-32-26(30)23-19(3)28-20(4)24(27(31)33-6-2)25(23)21-11-13-22(14-12-21)34-18-10-17-29-15-8-7-9-16-29/h11-14,25,28H,5-10,15-18H2,1-4H3. The van der Waals surface area contributed by atoms with Gasteiger partial charge in [0.15, 0.2) is 0 Å². The number of piperidine rings is 1. The number of esters is 2. The zero-order valence-electron chi connectivity index (χ0n) is 20.9. The SMILES string of the molecule is CCOC(=O)C1=C(C)NC(C)=C(C(=O)OCC)C1c1ccc(OCCCN2CCCCC2)cc1. The van der Waals surface area contributed by atoms with Gasteiger partial charge in [-0.15, -0.1) is 0 Å². The van der Waals surface area contributed by atoms with Crippen LogP contribution in [0.5, 0.6) is 5.75 Å². The first-order valence-electron chi connectivity index (χ1n) is 12.4. The second-order valence-electron chi connectivity index (χ2n) is 8.75. The van der Waals surface area contributed by atoms with Crippen LogP contribution in [0.1, 0.15) is 64.9 Å². The van der Waals surface area contributed by atoms with Gasteiger partial charge in [0, 0.05) is 17.9 Å². The maximum Gasteiger partial charge on any atom is 0.336 e. The number of hydrogen-bond acceptors (Lipinski definition) is 7. The van der Waals surface area contributed by atoms with E-state index in [0.717, 1.165) is 24.3 Å². The van der Waals surface area contributed by atoms with Gasteiger partial charge in [-0.2, -0.15) is 0 Å². The number of carbonyl (C=O) groups is 2. The summed E-state index contributed by atoms with van der Waals surface area (Å²) in [5.74, 6) is -0.685. The van der Waals surface area contributed by atoms with Crippen molar-refractivity contribution in [1.82, 2.24) is 10.2 Å². The number of dihydropyridines is 1. The van der Waals surface area contributed by atoms with Crippen LogP contribution in [0.3, 0.4) is 0 Å². The maximum atomic E-state index is 12.9. The van der Waals surface area contributed by atoms with Crippen LogP contribution in [0.15, 0.2) is 46.8 Å². The van der Waals surface area contributed by atoms with Crippen LogP contribution in [0, 0.1) is 0 Å². The normalized spacial score (nSPS) is 17.4. The average molecular weight is 471 g/mol. The molecule has 0 bridgehead atoms. The number of benzene rings is 1. The van der Waals surface area contributed by atoms with Crippen LogP contribution < -0.4 is 10.1 Å². The van der Waals surface area contributed by atoms with Gasteiger partial charge in [0.05, 0.1) is 36.9 Å². The summed E-state index contributed by atoms with van der Waals surface area (Å²) in [7, 11) is 0. The number of allylic oxidation sites excluding steroid dienone is 2. The van der Waals surface area contributed by atoms with E-state index in [1.165, 1.54) is 32.4 Å². The lowest BCUT2D eigenvalue weighted by atomic mass is 9.80. The van der Waals surface area contributed by atoms with Crippen LogP contribution in [-0.2, 0) is 19.1 Å². The molecule has 186 valence electrons. The molecule has 0 unspecified atom stereocenters. The molecule has 7 nitrogen and oxygen atoms in total. The van der Waals surface area contributed by atoms with Crippen molar-refractivity contribution in [2.75, 3.05) is 39.5 Å². The van der Waals surface area contributed by atoms with Gasteiger partial charge in [0.2, 0.25) is 0 Å². The van der Waals surface area contributed by atoms with E-state index >= 15 is 0 Å². The molecule has 0 aliphatic carbocycles. The number of likely N-dealkylation sites (tertiary alicyclic amines) is 1. The third-order valence-corrected chi connectivity index (χ3v) is 6.30. The van der Waals surface area contributed by atoms with Crippen molar-refractivity contribution >= 4 is 11.9 Å². The van der Waals surface area contributed by atoms with Crippen LogP contribution >= 0.6 is 0 Å². The Kier molecular flexibility index (Phi) is 9.57. The number of carbonyl (C=O) groups excluding carboxylic acids is 2. The van der Waals surface area contributed by atoms with Gasteiger partial charge < -0.3 is 24.4 Å². The van der Waals surface area contributed by atoms with E-state index in [0.29, 0.717) is 29.1 Å². The predicted octanol–water partition coefficient (Wildman–Crippen LogP) is 4.30. The highest BCUT2D eigenvalue weighted by atomic mass is 16.5. The molecule has 1 saturated heterocycles. The molecule has 0 amide bonds. The Bertz CT molecular complexity index is 873. The van der Waals surface area contributed by atoms with Gasteiger partial charge in [-0.3, -0.25) is 0 Å². The van der Waals surface area contributed by atoms with Crippen molar-refractivity contribution < 1.29 is 23.8 Å². The Labute approximate surface area is 203 Å². The van der Waals surface area contributed by atoms with E-state index < -0.39 is 17.9 Å². The molecule has 3 rings (SSSR count). The molecule has 2 heterocycles. The summed E-state index contributed by atoms with van der Waals surface area (Å²) in [5, 5.41) is 3.16. The molecule has 1 aromatic rings. The largest absolute Gasteiger partial charge is 0.494 e. The van der Waals surface area contributed by atoms with Crippen LogP contribution in [-0.4, -0.2) is 56.3 Å². The van der Waals surface area contributed by atoms with Gasteiger partial charge in [-0.25, -0.2) is 9.59 Å². The molecule has 1 N–H and O–H groups in total. The van der Waals surface area contributed by atoms with Crippen molar-refractivity contribution in [2.24, 2.45) is 0 Å². The van der Waals surface area contributed by atoms with Gasteiger partial charge in [0.25, 0.3) is 0 Å². The highest BCUT2D eigenvalue weighted by Gasteiger charge is 2.37. The third-order valence-electron chi connectivity index (χ3n) is 6.30. The number of ether oxygens (including phenoxy) is 3. The number of nitrogens with zero attached hydrogens (tertiary/aromatic N) is 1. The second-order valence-corrected chi connectivity index (χ2v) is 8.75. The zero-order valence-corrected chi connectivity index (χ0v) is 20.9. The first kappa shape index (κ1) is 25.8. The number of nitrogens with one attached hydrogen (secondary N) is 1. The quantitative estimate of drug-likeness (QED) is 0.403. The first-order valence-corrected chi connectivity index (χ1v) is 12.4. The Morgan fingerprint density at radius 2 is 1.47 bits per heavy atom. The van der Waals surface area contributed by atoms with Gasteiger partial charge >= 0.3 is 11.9 Å². The monoisotopic (exact) mass is 470 g/mol. The van der Waals surface area contributed by atoms with Gasteiger partial charge in [-0.1, -0.05) is 18.6 Å². The summed E-state index contributed by atoms with van der Waals surface area (Å²) in [4.78, 5) is 28.3. The lowest BCUT2D eigenvalue weighted by Gasteiger charge is -2.30. The van der Waals surface area contributed by atoms with Crippen LogP contribution in [0.4, 0.5) is 0 Å². The summed E-state index contributed by atoms with van der Waals surface area (Å²) in [5.41, 5.74) is 3.00. The minimum Gasteiger partial charge on any atom is -0.494 e. The zero-order chi connectivity index (χ0) is 24.5. The van der Waals surface area contributed by atoms with Crippen molar-refractivity contribution in [1.29, 1.82) is 0 Å². The minimum absolute atomic E-state index is 0.254. The predicted molar refractivity (Wildman–Crippen MR) is 131 cm³/mol. The molecular weight excluding hydrogens is 432 g/mol. The molecular formula is C27H38N2O5. The third kappa shape index (κ3) is 6.41. The minimum atomic E-state index is -0.576. The molecule has 0 aromatic heterocycles. The Hall–Kier alpha value is -2.80. The summed E-state index contributed by atoms with van der Waals surface area (Å²) >= 11 is 0. The van der Waals surface area contributed by atoms with E-state index in [1.54, 1.807) is 13.8 Å². The van der Waals surface area contributed by atoms with Crippen molar-refractivity contribution in [3.8, 4) is 5.75 Å². The Morgan fingerprint density at radius 1 is 0.912 bits per heavy atom. The molecule has 1 aromatic carbocycles. The summed E-state index contributed by atoms with van der Waals surface area (Å²) in [6.45, 7) is 11.8. The molecule has 1 fully saturated rings. The molecule has 0 atom stereocenters. The lowest BCUT2D eigenvalue weighted by Crippen LogP contribution is -2.32. The van der Waals surface area contributed by atoms with E-state index in [4.69, 9.17) is 14.2 Å². The average Bonchev–Trinajstić information content (AvgIpc) is 2.82. The smallest absolute Gasteiger partial charge is 0.336 e. The Morgan fingerprint density at radius 3 is 2.00 bits per heavy atom. The number of rotatable bonds is 10. The van der Waals surface area contributed by atoms with Crippen molar-refractivity contribution in [2.45, 2.75) is 59.3 Å². The van der Waals surface area contributed by atoms with Crippen LogP contribution in [0.2, 0.25) is 0 Å². The number of hydrogen-bond donors (Lipinski definition) is 1. The highest BCUT2D eigenvalue weighted by Crippen LogP contribution is 2.39. The topological polar surface area (TPSA) is 77.1 Å². The molecule has 0 spiro atoms. The van der Waals surface area contributed by atoms with E-state index in [1.807, 2.05) is 38.1 Å².